The van der Waals surface area contributed by atoms with Gasteiger partial charge in [0.05, 0.1) is 27.4 Å². The molecule has 0 bridgehead atoms. The highest BCUT2D eigenvalue weighted by molar-refractivity contribution is 4.81. The zero-order valence-electron chi connectivity index (χ0n) is 9.61. The summed E-state index contributed by atoms with van der Waals surface area (Å²) in [6, 6.07) is 0. The first-order valence-electron chi connectivity index (χ1n) is 4.67. The largest absolute Gasteiger partial charge is 0.467 e. The second-order valence-corrected chi connectivity index (χ2v) is 2.28. The normalized spacial score (nSPS) is 12.0. The molecular formula is C10H18O5. The third kappa shape index (κ3) is 6.54. The van der Waals surface area contributed by atoms with E-state index in [0.29, 0.717) is 25.1 Å². The van der Waals surface area contributed by atoms with E-state index in [2.05, 4.69) is 0 Å². The Hall–Kier alpha value is -1.52. The molecule has 0 saturated carbocycles. The van der Waals surface area contributed by atoms with Crippen molar-refractivity contribution in [3.8, 4) is 0 Å². The predicted molar refractivity (Wildman–Crippen MR) is 54.5 cm³/mol. The van der Waals surface area contributed by atoms with E-state index in [1.165, 1.54) is 26.7 Å². The van der Waals surface area contributed by atoms with Crippen LogP contribution < -0.4 is 0 Å². The quantitative estimate of drug-likeness (QED) is 0.583. The van der Waals surface area contributed by atoms with Gasteiger partial charge in [-0.25, -0.2) is 0 Å². The minimum absolute atomic E-state index is 0.292. The number of rotatable bonds is 8. The van der Waals surface area contributed by atoms with Crippen molar-refractivity contribution in [2.24, 2.45) is 0 Å². The molecule has 0 heterocycles. The maximum atomic E-state index is 5.07. The maximum Gasteiger partial charge on any atom is 0.315 e. The second-order valence-electron chi connectivity index (χ2n) is 2.28. The van der Waals surface area contributed by atoms with E-state index >= 15 is 0 Å². The molecule has 15 heavy (non-hydrogen) atoms. The highest BCUT2D eigenvalue weighted by Gasteiger charge is 1.97. The summed E-state index contributed by atoms with van der Waals surface area (Å²) >= 11 is 0. The lowest BCUT2D eigenvalue weighted by Crippen LogP contribution is -1.96. The molecule has 0 saturated heterocycles. The summed E-state index contributed by atoms with van der Waals surface area (Å²) in [6.45, 7) is 4.72. The van der Waals surface area contributed by atoms with Gasteiger partial charge in [-0.1, -0.05) is 0 Å². The number of hydrogen-bond donors (Lipinski definition) is 0. The molecule has 0 aliphatic carbocycles. The van der Waals surface area contributed by atoms with Gasteiger partial charge in [-0.05, 0) is 13.8 Å². The van der Waals surface area contributed by atoms with Crippen molar-refractivity contribution in [3.63, 3.8) is 0 Å². The summed E-state index contributed by atoms with van der Waals surface area (Å²) < 4.78 is 24.9. The zero-order valence-corrected chi connectivity index (χ0v) is 9.61. The lowest BCUT2D eigenvalue weighted by atomic mass is 10.8. The molecule has 0 spiro atoms. The van der Waals surface area contributed by atoms with Crippen LogP contribution >= 0.6 is 0 Å². The Bertz CT molecular complexity index is 188. The molecule has 5 nitrogen and oxygen atoms in total. The summed E-state index contributed by atoms with van der Waals surface area (Å²) in [5, 5.41) is 0. The van der Waals surface area contributed by atoms with Crippen LogP contribution in [0.5, 0.6) is 0 Å². The van der Waals surface area contributed by atoms with Crippen molar-refractivity contribution in [2.45, 2.75) is 13.8 Å². The van der Waals surface area contributed by atoms with Gasteiger partial charge in [0.1, 0.15) is 0 Å². The fourth-order valence-corrected chi connectivity index (χ4v) is 0.712. The van der Waals surface area contributed by atoms with Crippen LogP contribution in [-0.2, 0) is 23.7 Å². The molecule has 0 unspecified atom stereocenters. The molecule has 0 N–H and O–H groups in total. The first kappa shape index (κ1) is 13.5. The fraction of sp³-hybridized carbons (Fsp3) is 0.600. The van der Waals surface area contributed by atoms with Crippen LogP contribution in [0.4, 0.5) is 0 Å². The first-order valence-corrected chi connectivity index (χ1v) is 4.67. The van der Waals surface area contributed by atoms with E-state index in [1.807, 2.05) is 13.8 Å². The molecule has 0 fully saturated rings. The second kappa shape index (κ2) is 9.05. The molecule has 0 amide bonds. The summed E-state index contributed by atoms with van der Waals surface area (Å²) in [5.41, 5.74) is 0. The van der Waals surface area contributed by atoms with Crippen LogP contribution in [0.1, 0.15) is 13.8 Å². The lowest BCUT2D eigenvalue weighted by Gasteiger charge is -2.07. The van der Waals surface area contributed by atoms with Crippen LogP contribution in [0, 0.1) is 0 Å². The molecular weight excluding hydrogens is 200 g/mol. The average molecular weight is 218 g/mol. The van der Waals surface area contributed by atoms with Gasteiger partial charge in [0.25, 0.3) is 0 Å². The Morgan fingerprint density at radius 2 is 1.27 bits per heavy atom. The van der Waals surface area contributed by atoms with E-state index in [-0.39, 0.29) is 0 Å². The Morgan fingerprint density at radius 1 is 0.867 bits per heavy atom. The molecule has 0 atom stereocenters. The van der Waals surface area contributed by atoms with Crippen LogP contribution in [-0.4, -0.2) is 27.4 Å². The van der Waals surface area contributed by atoms with E-state index in [4.69, 9.17) is 23.7 Å². The number of hydrogen-bond acceptors (Lipinski definition) is 5. The van der Waals surface area contributed by atoms with Crippen LogP contribution in [0.3, 0.4) is 0 Å². The van der Waals surface area contributed by atoms with E-state index < -0.39 is 0 Å². The minimum atomic E-state index is 0.292. The van der Waals surface area contributed by atoms with Crippen molar-refractivity contribution in [1.82, 2.24) is 0 Å². The third-order valence-corrected chi connectivity index (χ3v) is 1.30. The van der Waals surface area contributed by atoms with E-state index in [0.717, 1.165) is 0 Å². The third-order valence-electron chi connectivity index (χ3n) is 1.30. The highest BCUT2D eigenvalue weighted by atomic mass is 16.7. The van der Waals surface area contributed by atoms with Crippen LogP contribution in [0.15, 0.2) is 24.4 Å². The summed E-state index contributed by atoms with van der Waals surface area (Å²) in [6.07, 6.45) is 2.64. The van der Waals surface area contributed by atoms with Gasteiger partial charge in [-0.3, -0.25) is 0 Å². The molecule has 5 heteroatoms. The molecule has 0 aromatic heterocycles. The van der Waals surface area contributed by atoms with Gasteiger partial charge in [0.15, 0.2) is 12.5 Å². The number of methoxy groups -OCH3 is 2. The SMILES string of the molecule is CCOC(=COC=C(OC)OCC)OC. The molecule has 0 aromatic rings. The molecule has 0 rings (SSSR count). The number of ether oxygens (including phenoxy) is 5. The van der Waals surface area contributed by atoms with Gasteiger partial charge in [-0.15, -0.1) is 0 Å². The molecule has 0 radical (unpaired) electrons. The molecule has 88 valence electrons. The standard InChI is InChI=1S/C10H18O5/c1-5-14-9(11-3)7-13-8-10(12-4)15-6-2/h7-8H,5-6H2,1-4H3. The van der Waals surface area contributed by atoms with Crippen molar-refractivity contribution >= 4 is 0 Å². The van der Waals surface area contributed by atoms with Gasteiger partial charge >= 0.3 is 11.9 Å². The Morgan fingerprint density at radius 3 is 1.53 bits per heavy atom. The minimum Gasteiger partial charge on any atom is -0.467 e. The monoisotopic (exact) mass is 218 g/mol. The van der Waals surface area contributed by atoms with Gasteiger partial charge in [-0.2, -0.15) is 0 Å². The Kier molecular flexibility index (Phi) is 8.13. The fourth-order valence-electron chi connectivity index (χ4n) is 0.712. The summed E-state index contributed by atoms with van der Waals surface area (Å²) in [7, 11) is 2.99. The van der Waals surface area contributed by atoms with Gasteiger partial charge < -0.3 is 23.7 Å². The van der Waals surface area contributed by atoms with Gasteiger partial charge in [0.2, 0.25) is 0 Å². The molecule has 0 aromatic carbocycles. The highest BCUT2D eigenvalue weighted by Crippen LogP contribution is 2.02. The van der Waals surface area contributed by atoms with Crippen LogP contribution in [0.2, 0.25) is 0 Å². The molecule has 0 aliphatic heterocycles. The topological polar surface area (TPSA) is 46.2 Å². The summed E-state index contributed by atoms with van der Waals surface area (Å²) in [5.74, 6) is 0.585. The van der Waals surface area contributed by atoms with Crippen molar-refractivity contribution < 1.29 is 23.7 Å². The Balaban J connectivity index is 4.09. The van der Waals surface area contributed by atoms with Crippen LogP contribution in [0.25, 0.3) is 0 Å². The maximum absolute atomic E-state index is 5.07. The van der Waals surface area contributed by atoms with Crippen molar-refractivity contribution in [1.29, 1.82) is 0 Å². The molecule has 0 aliphatic rings. The summed E-state index contributed by atoms with van der Waals surface area (Å²) in [4.78, 5) is 0. The predicted octanol–water partition coefficient (Wildman–Crippen LogP) is 1.97. The van der Waals surface area contributed by atoms with Crippen molar-refractivity contribution in [2.75, 3.05) is 27.4 Å². The van der Waals surface area contributed by atoms with Crippen molar-refractivity contribution in [3.05, 3.63) is 24.4 Å². The van der Waals surface area contributed by atoms with Gasteiger partial charge in [0, 0.05) is 0 Å². The Labute approximate surface area is 90.2 Å². The first-order chi connectivity index (χ1) is 7.28. The van der Waals surface area contributed by atoms with E-state index in [9.17, 15) is 0 Å². The smallest absolute Gasteiger partial charge is 0.315 e. The lowest BCUT2D eigenvalue weighted by molar-refractivity contribution is 0.0463. The van der Waals surface area contributed by atoms with E-state index in [1.54, 1.807) is 0 Å². The average Bonchev–Trinajstić information content (AvgIpc) is 2.26. The zero-order chi connectivity index (χ0) is 11.5.